The number of nitrogens with one attached hydrogen (secondary N) is 3. The molecule has 7 heteroatoms. The third kappa shape index (κ3) is 1.81. The Morgan fingerprint density at radius 3 is 3.15 bits per heavy atom. The molecule has 70 valence electrons. The van der Waals surface area contributed by atoms with E-state index in [0.29, 0.717) is 0 Å². The number of amides is 1. The molecule has 2 rings (SSSR count). The van der Waals surface area contributed by atoms with E-state index in [9.17, 15) is 4.79 Å². The van der Waals surface area contributed by atoms with Crippen LogP contribution in [0.15, 0.2) is 0 Å². The molecule has 13 heavy (non-hydrogen) atoms. The van der Waals surface area contributed by atoms with Crippen molar-refractivity contribution in [3.63, 3.8) is 0 Å². The van der Waals surface area contributed by atoms with Crippen LogP contribution < -0.4 is 10.6 Å². The van der Waals surface area contributed by atoms with Crippen molar-refractivity contribution in [2.45, 2.75) is 12.5 Å². The van der Waals surface area contributed by atoms with Crippen LogP contribution in [0.5, 0.6) is 0 Å². The van der Waals surface area contributed by atoms with Gasteiger partial charge < -0.3 is 10.6 Å². The molecule has 1 fully saturated rings. The lowest BCUT2D eigenvalue weighted by Gasteiger charge is -2.07. The number of aromatic nitrogens is 4. The van der Waals surface area contributed by atoms with Gasteiger partial charge in [-0.05, 0) is 18.2 Å². The summed E-state index contributed by atoms with van der Waals surface area (Å²) in [5.41, 5.74) is 0. The summed E-state index contributed by atoms with van der Waals surface area (Å²) >= 11 is 0. The lowest BCUT2D eigenvalue weighted by molar-refractivity contribution is 0.0929. The average molecular weight is 182 g/mol. The first-order valence-corrected chi connectivity index (χ1v) is 4.11. The van der Waals surface area contributed by atoms with Crippen LogP contribution in [0.3, 0.4) is 0 Å². The Balaban J connectivity index is 1.91. The van der Waals surface area contributed by atoms with E-state index in [4.69, 9.17) is 0 Å². The molecule has 0 saturated carbocycles. The van der Waals surface area contributed by atoms with Crippen LogP contribution in [0, 0.1) is 0 Å². The molecule has 1 aliphatic heterocycles. The lowest BCUT2D eigenvalue weighted by atomic mass is 10.2. The van der Waals surface area contributed by atoms with Crippen LogP contribution in [0.25, 0.3) is 0 Å². The fourth-order valence-electron chi connectivity index (χ4n) is 1.29. The van der Waals surface area contributed by atoms with E-state index < -0.39 is 0 Å². The Labute approximate surface area is 74.3 Å². The molecule has 0 radical (unpaired) electrons. The predicted octanol–water partition coefficient (Wildman–Crippen LogP) is -1.71. The minimum Gasteiger partial charge on any atom is -0.345 e. The van der Waals surface area contributed by atoms with E-state index in [-0.39, 0.29) is 17.8 Å². The van der Waals surface area contributed by atoms with Gasteiger partial charge in [-0.15, -0.1) is 10.2 Å². The van der Waals surface area contributed by atoms with Gasteiger partial charge in [0.25, 0.3) is 11.7 Å². The first-order valence-electron chi connectivity index (χ1n) is 4.11. The lowest BCUT2D eigenvalue weighted by Crippen LogP contribution is -2.36. The maximum Gasteiger partial charge on any atom is 0.293 e. The third-order valence-electron chi connectivity index (χ3n) is 1.94. The van der Waals surface area contributed by atoms with Gasteiger partial charge in [0.1, 0.15) is 0 Å². The molecule has 3 N–H and O–H groups in total. The molecular weight excluding hydrogens is 172 g/mol. The Kier molecular flexibility index (Phi) is 2.17. The molecule has 1 saturated heterocycles. The highest BCUT2D eigenvalue weighted by atomic mass is 16.2. The maximum absolute atomic E-state index is 11.3. The number of H-pyrrole nitrogens is 1. The number of tetrazole rings is 1. The number of carbonyl (C=O) groups excluding carboxylic acids is 1. The van der Waals surface area contributed by atoms with Crippen molar-refractivity contribution >= 4 is 5.91 Å². The molecule has 0 spiro atoms. The topological polar surface area (TPSA) is 95.6 Å². The molecule has 0 aliphatic carbocycles. The quantitative estimate of drug-likeness (QED) is 0.506. The smallest absolute Gasteiger partial charge is 0.293 e. The van der Waals surface area contributed by atoms with Crippen molar-refractivity contribution in [2.24, 2.45) is 0 Å². The summed E-state index contributed by atoms with van der Waals surface area (Å²) in [6, 6.07) is 0.186. The van der Waals surface area contributed by atoms with Crippen LogP contribution in [0.2, 0.25) is 0 Å². The molecule has 0 aromatic carbocycles. The number of aromatic amines is 1. The van der Waals surface area contributed by atoms with Gasteiger partial charge >= 0.3 is 0 Å². The number of carbonyl (C=O) groups is 1. The second-order valence-electron chi connectivity index (χ2n) is 2.90. The zero-order valence-corrected chi connectivity index (χ0v) is 6.95. The summed E-state index contributed by atoms with van der Waals surface area (Å²) in [6.07, 6.45) is 0.948. The van der Waals surface area contributed by atoms with Gasteiger partial charge in [0, 0.05) is 12.6 Å². The standard InChI is InChI=1S/C6H10N6O/c13-6(5-9-11-12-10-5)8-4-1-2-7-3-4/h4,7H,1-3H2,(H,8,13)(H,9,10,11,12)/t4-/m0/s1. The van der Waals surface area contributed by atoms with Gasteiger partial charge in [-0.25, -0.2) is 0 Å². The van der Waals surface area contributed by atoms with Gasteiger partial charge in [0.15, 0.2) is 0 Å². The summed E-state index contributed by atoms with van der Waals surface area (Å²) in [4.78, 5) is 11.3. The Morgan fingerprint density at radius 1 is 1.62 bits per heavy atom. The minimum absolute atomic E-state index is 0.0897. The van der Waals surface area contributed by atoms with E-state index in [1.54, 1.807) is 0 Å². The van der Waals surface area contributed by atoms with Crippen molar-refractivity contribution in [1.29, 1.82) is 0 Å². The number of hydrogen-bond acceptors (Lipinski definition) is 5. The first-order chi connectivity index (χ1) is 6.36. The molecule has 1 aliphatic rings. The number of nitrogens with zero attached hydrogens (tertiary/aromatic N) is 3. The van der Waals surface area contributed by atoms with Gasteiger partial charge in [-0.3, -0.25) is 4.79 Å². The largest absolute Gasteiger partial charge is 0.345 e. The molecule has 2 heterocycles. The molecule has 0 unspecified atom stereocenters. The van der Waals surface area contributed by atoms with Crippen molar-refractivity contribution < 1.29 is 4.79 Å². The molecule has 7 nitrogen and oxygen atoms in total. The summed E-state index contributed by atoms with van der Waals surface area (Å²) < 4.78 is 0. The van der Waals surface area contributed by atoms with Gasteiger partial charge in [0.2, 0.25) is 0 Å². The zero-order chi connectivity index (χ0) is 9.10. The Hall–Kier alpha value is -1.50. The van der Waals surface area contributed by atoms with Crippen molar-refractivity contribution in [3.05, 3.63) is 5.82 Å². The SMILES string of the molecule is O=C(N[C@H]1CCNC1)c1nn[nH]n1. The van der Waals surface area contributed by atoms with Crippen LogP contribution >= 0.6 is 0 Å². The van der Waals surface area contributed by atoms with E-state index in [1.807, 2.05) is 0 Å². The highest BCUT2D eigenvalue weighted by Gasteiger charge is 2.19. The van der Waals surface area contributed by atoms with Crippen LogP contribution in [-0.2, 0) is 0 Å². The number of hydrogen-bond donors (Lipinski definition) is 3. The van der Waals surface area contributed by atoms with Crippen molar-refractivity contribution in [2.75, 3.05) is 13.1 Å². The van der Waals surface area contributed by atoms with Crippen molar-refractivity contribution in [1.82, 2.24) is 31.3 Å². The second-order valence-corrected chi connectivity index (χ2v) is 2.90. The molecule has 1 atom stereocenters. The maximum atomic E-state index is 11.3. The fraction of sp³-hybridized carbons (Fsp3) is 0.667. The molecular formula is C6H10N6O. The minimum atomic E-state index is -0.276. The van der Waals surface area contributed by atoms with E-state index >= 15 is 0 Å². The first kappa shape index (κ1) is 8.11. The summed E-state index contributed by atoms with van der Waals surface area (Å²) in [5.74, 6) is -0.186. The molecule has 1 aromatic heterocycles. The monoisotopic (exact) mass is 182 g/mol. The number of rotatable bonds is 2. The van der Waals surface area contributed by atoms with Gasteiger partial charge in [0.05, 0.1) is 0 Å². The van der Waals surface area contributed by atoms with E-state index in [0.717, 1.165) is 19.5 Å². The second kappa shape index (κ2) is 3.48. The normalized spacial score (nSPS) is 21.7. The van der Waals surface area contributed by atoms with Crippen LogP contribution in [0.4, 0.5) is 0 Å². The predicted molar refractivity (Wildman–Crippen MR) is 42.9 cm³/mol. The fourth-order valence-corrected chi connectivity index (χ4v) is 1.29. The summed E-state index contributed by atoms with van der Waals surface area (Å²) in [6.45, 7) is 1.75. The third-order valence-corrected chi connectivity index (χ3v) is 1.94. The summed E-state index contributed by atoms with van der Waals surface area (Å²) in [5, 5.41) is 18.6. The van der Waals surface area contributed by atoms with Gasteiger partial charge in [-0.1, -0.05) is 0 Å². The molecule has 0 bridgehead atoms. The van der Waals surface area contributed by atoms with E-state index in [1.165, 1.54) is 0 Å². The molecule has 1 aromatic rings. The Morgan fingerprint density at radius 2 is 2.54 bits per heavy atom. The van der Waals surface area contributed by atoms with E-state index in [2.05, 4.69) is 31.3 Å². The Bertz CT molecular complexity index is 277. The zero-order valence-electron chi connectivity index (χ0n) is 6.95. The average Bonchev–Trinajstić information content (AvgIpc) is 2.74. The summed E-state index contributed by atoms with van der Waals surface area (Å²) in [7, 11) is 0. The highest BCUT2D eigenvalue weighted by molar-refractivity contribution is 5.90. The van der Waals surface area contributed by atoms with Crippen LogP contribution in [-0.4, -0.2) is 45.7 Å². The van der Waals surface area contributed by atoms with Gasteiger partial charge in [-0.2, -0.15) is 5.21 Å². The molecule has 1 amide bonds. The highest BCUT2D eigenvalue weighted by Crippen LogP contribution is 1.97. The van der Waals surface area contributed by atoms with Crippen molar-refractivity contribution in [3.8, 4) is 0 Å². The van der Waals surface area contributed by atoms with Crippen LogP contribution in [0.1, 0.15) is 17.0 Å².